The third-order valence-corrected chi connectivity index (χ3v) is 3.82. The van der Waals surface area contributed by atoms with Crippen molar-refractivity contribution < 1.29 is 4.74 Å². The number of fused-ring (bicyclic) bond motifs is 1. The fraction of sp³-hybridized carbons (Fsp3) is 0.200. The Bertz CT molecular complexity index is 447. The number of hydrogen-bond donors (Lipinski definition) is 0. The molecule has 1 nitrogen and oxygen atoms in total. The summed E-state index contributed by atoms with van der Waals surface area (Å²) in [7, 11) is 1.71. The number of benzene rings is 1. The summed E-state index contributed by atoms with van der Waals surface area (Å²) in [6.45, 7) is 2.14. The van der Waals surface area contributed by atoms with Crippen LogP contribution in [0.1, 0.15) is 5.56 Å². The zero-order valence-electron chi connectivity index (χ0n) is 7.43. The third kappa shape index (κ3) is 1.67. The van der Waals surface area contributed by atoms with Crippen molar-refractivity contribution in [2.75, 3.05) is 7.11 Å². The molecule has 1 heterocycles. The Hall–Kier alpha value is -0.290. The van der Waals surface area contributed by atoms with Gasteiger partial charge in [0.25, 0.3) is 0 Å². The summed E-state index contributed by atoms with van der Waals surface area (Å²) in [6, 6.07) is 6.47. The summed E-state index contributed by atoms with van der Waals surface area (Å²) in [6.07, 6.45) is 0. The second-order valence-corrected chi connectivity index (χ2v) is 5.17. The van der Waals surface area contributed by atoms with Crippen molar-refractivity contribution in [1.82, 2.24) is 0 Å². The molecule has 0 aliphatic rings. The lowest BCUT2D eigenvalue weighted by atomic mass is 10.2. The minimum atomic E-state index is 0.986. The Kier molecular flexibility index (Phi) is 2.47. The van der Waals surface area contributed by atoms with Gasteiger partial charge in [0.1, 0.15) is 0 Å². The Morgan fingerprint density at radius 3 is 2.77 bits per heavy atom. The standard InChI is InChI=1S/C10H9IOS/c1-6-3-8(11)4-7-5-9(12-2)13-10(6)7/h3-5H,1-2H3. The van der Waals surface area contributed by atoms with E-state index in [1.54, 1.807) is 18.4 Å². The van der Waals surface area contributed by atoms with Crippen LogP contribution in [-0.4, -0.2) is 7.11 Å². The molecule has 0 bridgehead atoms. The molecular formula is C10H9IOS. The number of methoxy groups -OCH3 is 1. The van der Waals surface area contributed by atoms with Gasteiger partial charge in [-0.1, -0.05) is 11.3 Å². The van der Waals surface area contributed by atoms with Crippen molar-refractivity contribution in [2.45, 2.75) is 6.92 Å². The van der Waals surface area contributed by atoms with E-state index in [9.17, 15) is 0 Å². The lowest BCUT2D eigenvalue weighted by Crippen LogP contribution is -1.74. The molecule has 2 rings (SSSR count). The molecule has 0 amide bonds. The van der Waals surface area contributed by atoms with Crippen LogP contribution >= 0.6 is 33.9 Å². The lowest BCUT2D eigenvalue weighted by Gasteiger charge is -1.95. The van der Waals surface area contributed by atoms with Crippen LogP contribution in [0.4, 0.5) is 0 Å². The second-order valence-electron chi connectivity index (χ2n) is 2.91. The highest BCUT2D eigenvalue weighted by Crippen LogP contribution is 2.34. The number of ether oxygens (including phenoxy) is 1. The highest BCUT2D eigenvalue weighted by molar-refractivity contribution is 14.1. The van der Waals surface area contributed by atoms with Gasteiger partial charge in [-0.25, -0.2) is 0 Å². The number of thiophene rings is 1. The summed E-state index contributed by atoms with van der Waals surface area (Å²) < 4.78 is 7.82. The van der Waals surface area contributed by atoms with Gasteiger partial charge in [-0.05, 0) is 58.7 Å². The summed E-state index contributed by atoms with van der Waals surface area (Å²) in [4.78, 5) is 0. The second kappa shape index (κ2) is 3.46. The van der Waals surface area contributed by atoms with E-state index in [2.05, 4.69) is 47.7 Å². The van der Waals surface area contributed by atoms with Crippen LogP contribution < -0.4 is 4.74 Å². The van der Waals surface area contributed by atoms with E-state index < -0.39 is 0 Å². The number of aryl methyl sites for hydroxylation is 1. The molecule has 13 heavy (non-hydrogen) atoms. The summed E-state index contributed by atoms with van der Waals surface area (Å²) >= 11 is 4.05. The highest BCUT2D eigenvalue weighted by Gasteiger charge is 2.04. The maximum absolute atomic E-state index is 5.21. The summed E-state index contributed by atoms with van der Waals surface area (Å²) in [5.74, 6) is 0. The van der Waals surface area contributed by atoms with Gasteiger partial charge >= 0.3 is 0 Å². The Morgan fingerprint density at radius 1 is 1.31 bits per heavy atom. The molecule has 3 heteroatoms. The molecule has 0 saturated heterocycles. The summed E-state index contributed by atoms with van der Waals surface area (Å²) in [5.41, 5.74) is 1.33. The van der Waals surface area contributed by atoms with Gasteiger partial charge in [-0.3, -0.25) is 0 Å². The molecule has 0 N–H and O–H groups in total. The molecule has 0 fully saturated rings. The van der Waals surface area contributed by atoms with Gasteiger partial charge in [0, 0.05) is 8.27 Å². The molecule has 2 aromatic rings. The van der Waals surface area contributed by atoms with Crippen molar-refractivity contribution in [3.63, 3.8) is 0 Å². The van der Waals surface area contributed by atoms with Crippen molar-refractivity contribution in [3.05, 3.63) is 27.3 Å². The molecule has 68 valence electrons. The van der Waals surface area contributed by atoms with E-state index in [0.29, 0.717) is 0 Å². The number of hydrogen-bond acceptors (Lipinski definition) is 2. The Morgan fingerprint density at radius 2 is 2.08 bits per heavy atom. The highest BCUT2D eigenvalue weighted by atomic mass is 127. The molecule has 0 atom stereocenters. The quantitative estimate of drug-likeness (QED) is 0.728. The van der Waals surface area contributed by atoms with Crippen LogP contribution in [0.2, 0.25) is 0 Å². The van der Waals surface area contributed by atoms with Crippen molar-refractivity contribution in [1.29, 1.82) is 0 Å². The van der Waals surface area contributed by atoms with E-state index >= 15 is 0 Å². The number of rotatable bonds is 1. The first-order valence-electron chi connectivity index (χ1n) is 3.94. The Labute approximate surface area is 94.9 Å². The average molecular weight is 304 g/mol. The summed E-state index contributed by atoms with van der Waals surface area (Å²) in [5, 5.41) is 2.27. The number of halogens is 1. The molecule has 1 aromatic carbocycles. The van der Waals surface area contributed by atoms with Crippen molar-refractivity contribution in [2.24, 2.45) is 0 Å². The first kappa shape index (κ1) is 9.27. The van der Waals surface area contributed by atoms with E-state index in [1.165, 1.54) is 19.2 Å². The normalized spacial score (nSPS) is 10.7. The first-order valence-corrected chi connectivity index (χ1v) is 5.84. The van der Waals surface area contributed by atoms with Crippen LogP contribution in [0.25, 0.3) is 10.1 Å². The van der Waals surface area contributed by atoms with Crippen molar-refractivity contribution >= 4 is 44.0 Å². The predicted molar refractivity (Wildman–Crippen MR) is 65.8 cm³/mol. The fourth-order valence-corrected chi connectivity index (χ4v) is 3.09. The topological polar surface area (TPSA) is 9.23 Å². The first-order chi connectivity index (χ1) is 6.20. The fourth-order valence-electron chi connectivity index (χ4n) is 1.36. The average Bonchev–Trinajstić information content (AvgIpc) is 2.47. The lowest BCUT2D eigenvalue weighted by molar-refractivity contribution is 0.427. The van der Waals surface area contributed by atoms with Crippen molar-refractivity contribution in [3.8, 4) is 5.06 Å². The minimum Gasteiger partial charge on any atom is -0.487 e. The smallest absolute Gasteiger partial charge is 0.174 e. The predicted octanol–water partition coefficient (Wildman–Crippen LogP) is 3.82. The van der Waals surface area contributed by atoms with E-state index in [4.69, 9.17) is 4.74 Å². The van der Waals surface area contributed by atoms with Gasteiger partial charge in [0.2, 0.25) is 0 Å². The zero-order chi connectivity index (χ0) is 9.42. The molecule has 0 radical (unpaired) electrons. The van der Waals surface area contributed by atoms with Gasteiger partial charge in [0.05, 0.1) is 7.11 Å². The van der Waals surface area contributed by atoms with Crippen LogP contribution in [0.3, 0.4) is 0 Å². The minimum absolute atomic E-state index is 0.986. The van der Waals surface area contributed by atoms with Crippen LogP contribution in [0, 0.1) is 10.5 Å². The van der Waals surface area contributed by atoms with Crippen LogP contribution in [0.15, 0.2) is 18.2 Å². The maximum atomic E-state index is 5.21. The molecule has 0 saturated carbocycles. The molecule has 1 aromatic heterocycles. The van der Waals surface area contributed by atoms with Crippen LogP contribution in [-0.2, 0) is 0 Å². The maximum Gasteiger partial charge on any atom is 0.174 e. The Balaban J connectivity index is 2.75. The van der Waals surface area contributed by atoms with E-state index in [1.807, 2.05) is 0 Å². The molecular weight excluding hydrogens is 295 g/mol. The molecule has 0 spiro atoms. The van der Waals surface area contributed by atoms with E-state index in [0.717, 1.165) is 5.06 Å². The van der Waals surface area contributed by atoms with Gasteiger partial charge < -0.3 is 4.74 Å². The van der Waals surface area contributed by atoms with E-state index in [-0.39, 0.29) is 0 Å². The van der Waals surface area contributed by atoms with Gasteiger partial charge in [-0.15, -0.1) is 0 Å². The van der Waals surface area contributed by atoms with Crippen LogP contribution in [0.5, 0.6) is 5.06 Å². The largest absolute Gasteiger partial charge is 0.487 e. The zero-order valence-corrected chi connectivity index (χ0v) is 10.4. The van der Waals surface area contributed by atoms with Gasteiger partial charge in [0.15, 0.2) is 5.06 Å². The van der Waals surface area contributed by atoms with Gasteiger partial charge in [-0.2, -0.15) is 0 Å². The molecule has 0 unspecified atom stereocenters. The monoisotopic (exact) mass is 304 g/mol. The third-order valence-electron chi connectivity index (χ3n) is 1.95. The molecule has 0 aliphatic heterocycles. The SMILES string of the molecule is COc1cc2cc(I)cc(C)c2s1. The molecule has 0 aliphatic carbocycles.